The molecule has 118 valence electrons. The zero-order chi connectivity index (χ0) is 16.5. The van der Waals surface area contributed by atoms with Crippen molar-refractivity contribution in [1.29, 1.82) is 0 Å². The van der Waals surface area contributed by atoms with Crippen LogP contribution in [-0.2, 0) is 16.1 Å². The summed E-state index contributed by atoms with van der Waals surface area (Å²) >= 11 is 0. The van der Waals surface area contributed by atoms with Gasteiger partial charge in [-0.1, -0.05) is 37.5 Å². The van der Waals surface area contributed by atoms with Crippen molar-refractivity contribution in [2.24, 2.45) is 0 Å². The van der Waals surface area contributed by atoms with Gasteiger partial charge in [0.2, 0.25) is 5.91 Å². The number of carbonyl (C=O) groups is 2. The van der Waals surface area contributed by atoms with E-state index < -0.39 is 11.9 Å². The summed E-state index contributed by atoms with van der Waals surface area (Å²) in [7, 11) is 1.59. The van der Waals surface area contributed by atoms with Gasteiger partial charge in [0.05, 0.1) is 0 Å². The number of amides is 2. The predicted molar refractivity (Wildman–Crippen MR) is 83.2 cm³/mol. The number of rotatable bonds is 6. The lowest BCUT2D eigenvalue weighted by Crippen LogP contribution is -2.46. The van der Waals surface area contributed by atoms with Crippen molar-refractivity contribution in [3.63, 3.8) is 0 Å². The molecule has 22 heavy (non-hydrogen) atoms. The molecule has 1 atom stereocenters. The molecule has 2 amide bonds. The summed E-state index contributed by atoms with van der Waals surface area (Å²) in [6, 6.07) is 5.67. The zero-order valence-corrected chi connectivity index (χ0v) is 13.1. The molecule has 0 fully saturated rings. The van der Waals surface area contributed by atoms with E-state index in [9.17, 15) is 14.0 Å². The van der Waals surface area contributed by atoms with Crippen LogP contribution >= 0.6 is 0 Å². The molecule has 4 nitrogen and oxygen atoms in total. The topological polar surface area (TPSA) is 49.4 Å². The summed E-state index contributed by atoms with van der Waals surface area (Å²) in [5.41, 5.74) is 0.438. The van der Waals surface area contributed by atoms with Gasteiger partial charge >= 0.3 is 0 Å². The monoisotopic (exact) mass is 304 g/mol. The standard InChI is InChI=1S/C17H21FN2O2/c1-4-8-15(19-16(21)9-5-2)17(22)20(3)12-13-10-6-7-11-14(13)18/h6-7,10-11,15H,4,8,12H2,1-3H3,(H,19,21). The van der Waals surface area contributed by atoms with E-state index in [2.05, 4.69) is 17.2 Å². The van der Waals surface area contributed by atoms with Gasteiger partial charge in [-0.05, 0) is 25.3 Å². The number of halogens is 1. The molecule has 0 heterocycles. The summed E-state index contributed by atoms with van der Waals surface area (Å²) in [6.07, 6.45) is 1.25. The van der Waals surface area contributed by atoms with Gasteiger partial charge in [0.15, 0.2) is 0 Å². The van der Waals surface area contributed by atoms with Gasteiger partial charge in [-0.15, -0.1) is 0 Å². The van der Waals surface area contributed by atoms with Crippen molar-refractivity contribution < 1.29 is 14.0 Å². The average molecular weight is 304 g/mol. The van der Waals surface area contributed by atoms with Crippen LogP contribution in [0.4, 0.5) is 4.39 Å². The molecule has 5 heteroatoms. The number of nitrogens with one attached hydrogen (secondary N) is 1. The normalized spacial score (nSPS) is 11.1. The first-order valence-electron chi connectivity index (χ1n) is 7.21. The molecule has 0 aromatic heterocycles. The van der Waals surface area contributed by atoms with Gasteiger partial charge in [-0.2, -0.15) is 0 Å². The molecular formula is C17H21FN2O2. The number of nitrogens with zero attached hydrogens (tertiary/aromatic N) is 1. The molecule has 1 unspecified atom stereocenters. The van der Waals surface area contributed by atoms with E-state index in [0.717, 1.165) is 6.42 Å². The molecule has 0 aliphatic heterocycles. The summed E-state index contributed by atoms with van der Waals surface area (Å²) in [6.45, 7) is 3.64. The van der Waals surface area contributed by atoms with Crippen molar-refractivity contribution in [1.82, 2.24) is 10.2 Å². The number of likely N-dealkylation sites (N-methyl/N-ethyl adjacent to an activating group) is 1. The molecule has 0 aliphatic carbocycles. The highest BCUT2D eigenvalue weighted by molar-refractivity contribution is 5.96. The van der Waals surface area contributed by atoms with Crippen molar-refractivity contribution in [3.8, 4) is 11.8 Å². The molecule has 0 aliphatic rings. The minimum Gasteiger partial charge on any atom is -0.340 e. The average Bonchev–Trinajstić information content (AvgIpc) is 2.48. The number of hydrogen-bond donors (Lipinski definition) is 1. The molecule has 1 aromatic rings. The molecule has 0 radical (unpaired) electrons. The third-order valence-electron chi connectivity index (χ3n) is 3.16. The van der Waals surface area contributed by atoms with Crippen LogP contribution in [0.15, 0.2) is 24.3 Å². The van der Waals surface area contributed by atoms with Crippen LogP contribution in [0, 0.1) is 17.7 Å². The van der Waals surface area contributed by atoms with Crippen LogP contribution < -0.4 is 5.32 Å². The summed E-state index contributed by atoms with van der Waals surface area (Å²) in [5.74, 6) is 3.77. The van der Waals surface area contributed by atoms with E-state index in [0.29, 0.717) is 12.0 Å². The first-order valence-corrected chi connectivity index (χ1v) is 7.21. The maximum atomic E-state index is 13.6. The zero-order valence-electron chi connectivity index (χ0n) is 13.1. The minimum atomic E-state index is -0.643. The Morgan fingerprint density at radius 3 is 2.64 bits per heavy atom. The Bertz CT molecular complexity index is 590. The van der Waals surface area contributed by atoms with Crippen LogP contribution in [0.2, 0.25) is 0 Å². The van der Waals surface area contributed by atoms with E-state index in [4.69, 9.17) is 0 Å². The molecular weight excluding hydrogens is 283 g/mol. The van der Waals surface area contributed by atoms with Gasteiger partial charge in [0.25, 0.3) is 5.91 Å². The smallest absolute Gasteiger partial charge is 0.296 e. The predicted octanol–water partition coefficient (Wildman–Crippen LogP) is 2.09. The van der Waals surface area contributed by atoms with E-state index in [1.165, 1.54) is 11.0 Å². The van der Waals surface area contributed by atoms with Gasteiger partial charge in [-0.25, -0.2) is 4.39 Å². The maximum Gasteiger partial charge on any atom is 0.296 e. The molecule has 1 rings (SSSR count). The fourth-order valence-corrected chi connectivity index (χ4v) is 2.08. The van der Waals surface area contributed by atoms with Crippen molar-refractivity contribution in [2.75, 3.05) is 7.05 Å². The molecule has 1 aromatic carbocycles. The fraction of sp³-hybridized carbons (Fsp3) is 0.412. The minimum absolute atomic E-state index is 0.154. The molecule has 1 N–H and O–H groups in total. The van der Waals surface area contributed by atoms with Crippen molar-refractivity contribution in [2.45, 2.75) is 39.3 Å². The highest BCUT2D eigenvalue weighted by Crippen LogP contribution is 2.10. The van der Waals surface area contributed by atoms with E-state index in [1.54, 1.807) is 32.2 Å². The lowest BCUT2D eigenvalue weighted by Gasteiger charge is -2.24. The van der Waals surface area contributed by atoms with Crippen LogP contribution in [0.25, 0.3) is 0 Å². The van der Waals surface area contributed by atoms with Crippen LogP contribution in [0.1, 0.15) is 32.3 Å². The van der Waals surface area contributed by atoms with Gasteiger partial charge in [0.1, 0.15) is 11.9 Å². The van der Waals surface area contributed by atoms with Crippen molar-refractivity contribution in [3.05, 3.63) is 35.6 Å². The second-order valence-corrected chi connectivity index (χ2v) is 4.98. The van der Waals surface area contributed by atoms with E-state index in [1.807, 2.05) is 6.92 Å². The van der Waals surface area contributed by atoms with Crippen LogP contribution in [-0.4, -0.2) is 29.8 Å². The summed E-state index contributed by atoms with van der Waals surface area (Å²) < 4.78 is 13.6. The number of hydrogen-bond acceptors (Lipinski definition) is 2. The number of benzene rings is 1. The third kappa shape index (κ3) is 5.21. The second-order valence-electron chi connectivity index (χ2n) is 4.98. The SMILES string of the molecule is CC#CC(=O)NC(CCC)C(=O)N(C)Cc1ccccc1F. The number of carbonyl (C=O) groups excluding carboxylic acids is 2. The first-order chi connectivity index (χ1) is 10.5. The van der Waals surface area contributed by atoms with Crippen molar-refractivity contribution >= 4 is 11.8 Å². The van der Waals surface area contributed by atoms with Gasteiger partial charge < -0.3 is 10.2 Å². The highest BCUT2D eigenvalue weighted by atomic mass is 19.1. The Hall–Kier alpha value is -2.35. The third-order valence-corrected chi connectivity index (χ3v) is 3.16. The van der Waals surface area contributed by atoms with Crippen LogP contribution in [0.3, 0.4) is 0 Å². The van der Waals surface area contributed by atoms with Gasteiger partial charge in [-0.3, -0.25) is 9.59 Å². The summed E-state index contributed by atoms with van der Waals surface area (Å²) in [4.78, 5) is 25.4. The molecule has 0 bridgehead atoms. The quantitative estimate of drug-likeness (QED) is 0.818. The second kappa shape index (κ2) is 8.83. The van der Waals surface area contributed by atoms with E-state index in [-0.39, 0.29) is 18.3 Å². The molecule has 0 spiro atoms. The Kier molecular flexibility index (Phi) is 7.11. The Morgan fingerprint density at radius 2 is 2.05 bits per heavy atom. The molecule has 0 saturated carbocycles. The largest absolute Gasteiger partial charge is 0.340 e. The fourth-order valence-electron chi connectivity index (χ4n) is 2.08. The van der Waals surface area contributed by atoms with E-state index >= 15 is 0 Å². The first kappa shape index (κ1) is 17.7. The van der Waals surface area contributed by atoms with Crippen LogP contribution in [0.5, 0.6) is 0 Å². The Morgan fingerprint density at radius 1 is 1.36 bits per heavy atom. The lowest BCUT2D eigenvalue weighted by molar-refractivity contribution is -0.135. The summed E-state index contributed by atoms with van der Waals surface area (Å²) in [5, 5.41) is 2.60. The molecule has 0 saturated heterocycles. The van der Waals surface area contributed by atoms with Gasteiger partial charge in [0, 0.05) is 19.2 Å². The highest BCUT2D eigenvalue weighted by Gasteiger charge is 2.23. The Balaban J connectivity index is 2.77. The maximum absolute atomic E-state index is 13.6. The Labute approximate surface area is 130 Å². The lowest BCUT2D eigenvalue weighted by atomic mass is 10.1.